The van der Waals surface area contributed by atoms with Gasteiger partial charge in [0, 0.05) is 0 Å². The molecule has 0 heterocycles. The van der Waals surface area contributed by atoms with Gasteiger partial charge in [-0.3, -0.25) is 0 Å². The predicted octanol–water partition coefficient (Wildman–Crippen LogP) is 3.04. The molecule has 77 valence electrons. The van der Waals surface area contributed by atoms with Crippen molar-refractivity contribution < 1.29 is 13.0 Å². The Balaban J connectivity index is -0.00000000300. The molecule has 10 heavy (non-hydrogen) atoms. The third-order valence-electron chi connectivity index (χ3n) is 0. The Morgan fingerprint density at radius 3 is 0.500 bits per heavy atom. The van der Waals surface area contributed by atoms with Gasteiger partial charge in [-0.25, -0.2) is 0 Å². The van der Waals surface area contributed by atoms with Crippen molar-refractivity contribution in [1.82, 2.24) is 36.9 Å². The summed E-state index contributed by atoms with van der Waals surface area (Å²) in [5.41, 5.74) is 0. The zero-order chi connectivity index (χ0) is 3.58. The van der Waals surface area contributed by atoms with E-state index < -0.39 is 13.0 Å². The van der Waals surface area contributed by atoms with Crippen molar-refractivity contribution in [2.75, 3.05) is 0 Å². The molecular formula is H18Cl3N6Ru. The molecule has 0 aromatic heterocycles. The van der Waals surface area contributed by atoms with Crippen LogP contribution in [0.2, 0.25) is 0 Å². The van der Waals surface area contributed by atoms with E-state index >= 15 is 0 Å². The van der Waals surface area contributed by atoms with Gasteiger partial charge in [-0.1, -0.05) is 0 Å². The SMILES string of the molecule is N.N.N.N.N.N.[Cl][Ru]([Cl])[Cl]. The average Bonchev–Trinajstić information content (AvgIpc) is 0.811. The van der Waals surface area contributed by atoms with Gasteiger partial charge in [-0.15, -0.1) is 0 Å². The maximum atomic E-state index is 4.95. The van der Waals surface area contributed by atoms with E-state index in [-0.39, 0.29) is 36.9 Å². The molecule has 0 fully saturated rings. The second-order valence-corrected chi connectivity index (χ2v) is 8.07. The van der Waals surface area contributed by atoms with Gasteiger partial charge in [0.15, 0.2) is 0 Å². The van der Waals surface area contributed by atoms with Gasteiger partial charge in [0.05, 0.1) is 0 Å². The molecule has 0 aliphatic heterocycles. The third kappa shape index (κ3) is 401. The second-order valence-electron chi connectivity index (χ2n) is 0.152. The van der Waals surface area contributed by atoms with Crippen molar-refractivity contribution in [3.8, 4) is 0 Å². The van der Waals surface area contributed by atoms with Crippen LogP contribution in [0.1, 0.15) is 0 Å². The molecule has 6 nitrogen and oxygen atoms in total. The summed E-state index contributed by atoms with van der Waals surface area (Å²) in [4.78, 5) is 0. The van der Waals surface area contributed by atoms with E-state index in [1.807, 2.05) is 0 Å². The summed E-state index contributed by atoms with van der Waals surface area (Å²) >= 11 is -1.75. The van der Waals surface area contributed by atoms with Crippen LogP contribution in [-0.2, 0) is 13.0 Å². The zero-order valence-corrected chi connectivity index (χ0v) is 9.74. The number of halogens is 3. The van der Waals surface area contributed by atoms with Crippen LogP contribution in [0.3, 0.4) is 0 Å². The van der Waals surface area contributed by atoms with E-state index in [0.717, 1.165) is 0 Å². The van der Waals surface area contributed by atoms with E-state index in [4.69, 9.17) is 29.1 Å². The van der Waals surface area contributed by atoms with E-state index in [0.29, 0.717) is 0 Å². The van der Waals surface area contributed by atoms with Crippen molar-refractivity contribution in [3.63, 3.8) is 0 Å². The molecule has 18 N–H and O–H groups in total. The first-order chi connectivity index (χ1) is 1.73. The summed E-state index contributed by atoms with van der Waals surface area (Å²) in [6.45, 7) is 0. The Kier molecular flexibility index (Phi) is 317. The van der Waals surface area contributed by atoms with Crippen LogP contribution in [0.15, 0.2) is 0 Å². The van der Waals surface area contributed by atoms with E-state index in [9.17, 15) is 0 Å². The van der Waals surface area contributed by atoms with E-state index in [2.05, 4.69) is 0 Å². The van der Waals surface area contributed by atoms with Crippen LogP contribution in [-0.4, -0.2) is 0 Å². The molecule has 0 rings (SSSR count). The van der Waals surface area contributed by atoms with Crippen LogP contribution in [0.25, 0.3) is 0 Å². The van der Waals surface area contributed by atoms with Crippen LogP contribution in [0, 0.1) is 0 Å². The van der Waals surface area contributed by atoms with Gasteiger partial charge in [0.25, 0.3) is 0 Å². The first-order valence-corrected chi connectivity index (χ1v) is 7.12. The monoisotopic (exact) mass is 309 g/mol. The molecule has 0 aliphatic carbocycles. The Hall–Kier alpha value is 1.25. The van der Waals surface area contributed by atoms with E-state index in [1.165, 1.54) is 0 Å². The minimum absolute atomic E-state index is 0. The summed E-state index contributed by atoms with van der Waals surface area (Å²) in [5, 5.41) is 0. The van der Waals surface area contributed by atoms with Crippen molar-refractivity contribution in [1.29, 1.82) is 0 Å². The number of rotatable bonds is 0. The Labute approximate surface area is 78.9 Å². The molecular weight excluding hydrogens is 291 g/mol. The standard InChI is InChI=1S/3ClH.6H3N.Ru/h3*1H;6*1H3;/q;;;;;;;;;+3/p-3. The summed E-state index contributed by atoms with van der Waals surface area (Å²) in [6.07, 6.45) is 0. The molecule has 0 unspecified atom stereocenters. The predicted molar refractivity (Wildman–Crippen MR) is 47.7 cm³/mol. The fraction of sp³-hybridized carbons (Fsp3) is 0. The van der Waals surface area contributed by atoms with Crippen molar-refractivity contribution >= 4 is 29.1 Å². The van der Waals surface area contributed by atoms with Gasteiger partial charge in [0.1, 0.15) is 0 Å². The first kappa shape index (κ1) is 65.4. The fourth-order valence-corrected chi connectivity index (χ4v) is 0. The van der Waals surface area contributed by atoms with Gasteiger partial charge in [-0.05, 0) is 0 Å². The van der Waals surface area contributed by atoms with Gasteiger partial charge >= 0.3 is 42.1 Å². The minimum atomic E-state index is -1.75. The molecule has 0 aromatic rings. The molecule has 0 amide bonds. The molecule has 0 atom stereocenters. The van der Waals surface area contributed by atoms with Crippen molar-refractivity contribution in [2.24, 2.45) is 0 Å². The van der Waals surface area contributed by atoms with E-state index in [1.54, 1.807) is 0 Å². The van der Waals surface area contributed by atoms with Crippen LogP contribution >= 0.6 is 29.1 Å². The van der Waals surface area contributed by atoms with Gasteiger partial charge < -0.3 is 36.9 Å². The zero-order valence-electron chi connectivity index (χ0n) is 5.73. The Bertz CT molecular complexity index is 17.7. The fourth-order valence-electron chi connectivity index (χ4n) is 0. The Morgan fingerprint density at radius 2 is 0.500 bits per heavy atom. The second kappa shape index (κ2) is 48.5. The quantitative estimate of drug-likeness (QED) is 0.370. The van der Waals surface area contributed by atoms with Crippen LogP contribution < -0.4 is 36.9 Å². The molecule has 0 saturated heterocycles. The van der Waals surface area contributed by atoms with Crippen molar-refractivity contribution in [3.05, 3.63) is 0 Å². The average molecular weight is 310 g/mol. The van der Waals surface area contributed by atoms with Crippen LogP contribution in [0.4, 0.5) is 0 Å². The maximum absolute atomic E-state index is 4.95. The summed E-state index contributed by atoms with van der Waals surface area (Å²) < 4.78 is 0. The number of hydrogen-bond acceptors (Lipinski definition) is 6. The Morgan fingerprint density at radius 1 is 0.500 bits per heavy atom. The number of hydrogen-bond donors (Lipinski definition) is 6. The topological polar surface area (TPSA) is 210 Å². The summed E-state index contributed by atoms with van der Waals surface area (Å²) in [6, 6.07) is 0. The molecule has 0 aliphatic rings. The van der Waals surface area contributed by atoms with Crippen LogP contribution in [0.5, 0.6) is 0 Å². The molecule has 0 aromatic carbocycles. The normalized spacial score (nSPS) is 4.50. The summed E-state index contributed by atoms with van der Waals surface area (Å²) in [7, 11) is 14.8. The van der Waals surface area contributed by atoms with Gasteiger partial charge in [0.2, 0.25) is 0 Å². The molecule has 10 heteroatoms. The first-order valence-electron chi connectivity index (χ1n) is 0.401. The molecule has 0 bridgehead atoms. The molecule has 0 radical (unpaired) electrons. The summed E-state index contributed by atoms with van der Waals surface area (Å²) in [5.74, 6) is 0. The third-order valence-corrected chi connectivity index (χ3v) is 0. The molecule has 0 saturated carbocycles. The molecule has 0 spiro atoms. The van der Waals surface area contributed by atoms with Crippen molar-refractivity contribution in [2.45, 2.75) is 0 Å². The van der Waals surface area contributed by atoms with Gasteiger partial charge in [-0.2, -0.15) is 0 Å².